The molecule has 3 N–H and O–H groups in total. The zero-order valence-corrected chi connectivity index (χ0v) is 13.3. The number of nitrogens with zero attached hydrogens (tertiary/aromatic N) is 1. The summed E-state index contributed by atoms with van der Waals surface area (Å²) in [5.41, 5.74) is 7.34. The third kappa shape index (κ3) is 4.64. The van der Waals surface area contributed by atoms with Crippen molar-refractivity contribution in [2.45, 2.75) is 26.3 Å². The van der Waals surface area contributed by atoms with Gasteiger partial charge in [-0.1, -0.05) is 36.8 Å². The minimum absolute atomic E-state index is 0.323. The Morgan fingerprint density at radius 2 is 2.21 bits per heavy atom. The molecule has 3 nitrogen and oxygen atoms in total. The first-order valence-electron chi connectivity index (χ1n) is 6.49. The Morgan fingerprint density at radius 1 is 1.53 bits per heavy atom. The molecule has 0 aliphatic heterocycles. The average Bonchev–Trinajstić information content (AvgIpc) is 2.37. The summed E-state index contributed by atoms with van der Waals surface area (Å²) in [7, 11) is 2.13. The van der Waals surface area contributed by atoms with Crippen molar-refractivity contribution in [1.29, 1.82) is 0 Å². The highest BCUT2D eigenvalue weighted by Crippen LogP contribution is 2.24. The van der Waals surface area contributed by atoms with Crippen molar-refractivity contribution in [3.05, 3.63) is 28.8 Å². The fraction of sp³-hybridized carbons (Fsp3) is 0.500. The molecule has 0 saturated heterocycles. The lowest BCUT2D eigenvalue weighted by Gasteiger charge is -2.24. The van der Waals surface area contributed by atoms with E-state index in [1.54, 1.807) is 6.07 Å². The molecule has 0 bridgehead atoms. The Labute approximate surface area is 126 Å². The average molecular weight is 300 g/mol. The van der Waals surface area contributed by atoms with Crippen LogP contribution in [0.1, 0.15) is 25.8 Å². The van der Waals surface area contributed by atoms with E-state index >= 15 is 0 Å². The van der Waals surface area contributed by atoms with Gasteiger partial charge in [-0.2, -0.15) is 0 Å². The van der Waals surface area contributed by atoms with Crippen LogP contribution < -0.4 is 11.1 Å². The van der Waals surface area contributed by atoms with Crippen LogP contribution in [-0.2, 0) is 0 Å². The summed E-state index contributed by atoms with van der Waals surface area (Å²) in [6, 6.07) is 6.22. The topological polar surface area (TPSA) is 41.3 Å². The van der Waals surface area contributed by atoms with Crippen LogP contribution in [0.3, 0.4) is 0 Å². The number of nitrogens with two attached hydrogens (primary N) is 1. The number of nitrogens with one attached hydrogen (secondary N) is 1. The van der Waals surface area contributed by atoms with Crippen molar-refractivity contribution in [1.82, 2.24) is 4.90 Å². The maximum absolute atomic E-state index is 6.12. The summed E-state index contributed by atoms with van der Waals surface area (Å²) in [4.78, 5) is 2.64. The molecule has 106 valence electrons. The largest absolute Gasteiger partial charge is 0.389 e. The summed E-state index contributed by atoms with van der Waals surface area (Å²) in [5.74, 6) is 0. The summed E-state index contributed by atoms with van der Waals surface area (Å²) in [6.45, 7) is 6.20. The summed E-state index contributed by atoms with van der Waals surface area (Å²) in [6.07, 6.45) is 1.14. The van der Waals surface area contributed by atoms with E-state index in [0.29, 0.717) is 16.1 Å². The molecule has 1 aromatic carbocycles. The standard InChI is InChI=1S/C14H22ClN3S/c1-4-10(2)18(3)9-8-17-12-7-5-6-11(15)13(12)14(16)19/h5-7,10,17H,4,8-9H2,1-3H3,(H2,16,19). The molecule has 0 saturated carbocycles. The van der Waals surface area contributed by atoms with E-state index in [4.69, 9.17) is 29.6 Å². The van der Waals surface area contributed by atoms with Gasteiger partial charge in [-0.3, -0.25) is 0 Å². The fourth-order valence-electron chi connectivity index (χ4n) is 1.82. The molecule has 0 fully saturated rings. The van der Waals surface area contributed by atoms with Gasteiger partial charge >= 0.3 is 0 Å². The van der Waals surface area contributed by atoms with Gasteiger partial charge in [0.1, 0.15) is 4.99 Å². The Balaban J connectivity index is 2.64. The normalized spacial score (nSPS) is 12.5. The first-order valence-corrected chi connectivity index (χ1v) is 7.28. The number of benzene rings is 1. The second kappa shape index (κ2) is 7.68. The molecule has 0 radical (unpaired) electrons. The zero-order chi connectivity index (χ0) is 14.4. The Bertz CT molecular complexity index is 437. The zero-order valence-electron chi connectivity index (χ0n) is 11.7. The van der Waals surface area contributed by atoms with Crippen LogP contribution in [0.5, 0.6) is 0 Å². The van der Waals surface area contributed by atoms with Crippen molar-refractivity contribution in [3.8, 4) is 0 Å². The van der Waals surface area contributed by atoms with Crippen molar-refractivity contribution < 1.29 is 0 Å². The predicted octanol–water partition coefficient (Wildman–Crippen LogP) is 3.12. The molecule has 1 rings (SSSR count). The molecule has 0 aliphatic rings. The van der Waals surface area contributed by atoms with Gasteiger partial charge < -0.3 is 16.0 Å². The molecule has 0 heterocycles. The first kappa shape index (κ1) is 16.2. The minimum atomic E-state index is 0.323. The number of thiocarbonyl (C=S) groups is 1. The lowest BCUT2D eigenvalue weighted by Crippen LogP contribution is -2.33. The van der Waals surface area contributed by atoms with Gasteiger partial charge in [-0.05, 0) is 32.5 Å². The molecule has 0 aromatic heterocycles. The third-order valence-electron chi connectivity index (χ3n) is 3.38. The van der Waals surface area contributed by atoms with Crippen LogP contribution in [0.25, 0.3) is 0 Å². The van der Waals surface area contributed by atoms with E-state index in [1.165, 1.54) is 0 Å². The summed E-state index contributed by atoms with van der Waals surface area (Å²) >= 11 is 11.2. The molecule has 0 spiro atoms. The molecule has 19 heavy (non-hydrogen) atoms. The number of hydrogen-bond acceptors (Lipinski definition) is 3. The molecular formula is C14H22ClN3S. The molecular weight excluding hydrogens is 278 g/mol. The highest BCUT2D eigenvalue weighted by atomic mass is 35.5. The van der Waals surface area contributed by atoms with Crippen LogP contribution in [0.15, 0.2) is 18.2 Å². The Kier molecular flexibility index (Phi) is 6.55. The Morgan fingerprint density at radius 3 is 2.79 bits per heavy atom. The van der Waals surface area contributed by atoms with Gasteiger partial charge in [0.25, 0.3) is 0 Å². The highest BCUT2D eigenvalue weighted by Gasteiger charge is 2.10. The maximum Gasteiger partial charge on any atom is 0.107 e. The van der Waals surface area contributed by atoms with Crippen LogP contribution in [0.4, 0.5) is 5.69 Å². The van der Waals surface area contributed by atoms with Gasteiger partial charge in [0.05, 0.1) is 10.6 Å². The number of anilines is 1. The highest BCUT2D eigenvalue weighted by molar-refractivity contribution is 7.80. The number of likely N-dealkylation sites (N-methyl/N-ethyl adjacent to an activating group) is 1. The summed E-state index contributed by atoms with van der Waals surface area (Å²) < 4.78 is 0. The van der Waals surface area contributed by atoms with Crippen molar-refractivity contribution in [2.75, 3.05) is 25.5 Å². The Hall–Kier alpha value is -0.840. The predicted molar refractivity (Wildman–Crippen MR) is 88.2 cm³/mol. The first-order chi connectivity index (χ1) is 8.97. The van der Waals surface area contributed by atoms with Gasteiger partial charge in [0.15, 0.2) is 0 Å². The molecule has 5 heteroatoms. The van der Waals surface area contributed by atoms with Crippen molar-refractivity contribution >= 4 is 34.5 Å². The molecule has 1 atom stereocenters. The van der Waals surface area contributed by atoms with E-state index < -0.39 is 0 Å². The minimum Gasteiger partial charge on any atom is -0.389 e. The maximum atomic E-state index is 6.12. The lowest BCUT2D eigenvalue weighted by molar-refractivity contribution is 0.261. The molecule has 1 unspecified atom stereocenters. The van der Waals surface area contributed by atoms with Gasteiger partial charge in [-0.15, -0.1) is 0 Å². The molecule has 0 aliphatic carbocycles. The number of halogens is 1. The van der Waals surface area contributed by atoms with E-state index in [0.717, 1.165) is 30.8 Å². The third-order valence-corrected chi connectivity index (χ3v) is 3.90. The van der Waals surface area contributed by atoms with Crippen LogP contribution in [-0.4, -0.2) is 36.1 Å². The number of rotatable bonds is 7. The fourth-order valence-corrected chi connectivity index (χ4v) is 2.37. The summed E-state index contributed by atoms with van der Waals surface area (Å²) in [5, 5.41) is 3.94. The van der Waals surface area contributed by atoms with Crippen LogP contribution in [0, 0.1) is 0 Å². The molecule has 1 aromatic rings. The van der Waals surface area contributed by atoms with Gasteiger partial charge in [-0.25, -0.2) is 0 Å². The lowest BCUT2D eigenvalue weighted by atomic mass is 10.1. The van der Waals surface area contributed by atoms with E-state index in [-0.39, 0.29) is 0 Å². The second-order valence-electron chi connectivity index (χ2n) is 4.69. The monoisotopic (exact) mass is 299 g/mol. The molecule has 0 amide bonds. The smallest absolute Gasteiger partial charge is 0.107 e. The van der Waals surface area contributed by atoms with E-state index in [1.807, 2.05) is 12.1 Å². The van der Waals surface area contributed by atoms with Crippen LogP contribution in [0.2, 0.25) is 5.02 Å². The van der Waals surface area contributed by atoms with E-state index in [9.17, 15) is 0 Å². The number of hydrogen-bond donors (Lipinski definition) is 2. The second-order valence-corrected chi connectivity index (χ2v) is 5.54. The van der Waals surface area contributed by atoms with Gasteiger partial charge in [0.2, 0.25) is 0 Å². The van der Waals surface area contributed by atoms with Gasteiger partial charge in [0, 0.05) is 24.8 Å². The SMILES string of the molecule is CCC(C)N(C)CCNc1cccc(Cl)c1C(N)=S. The van der Waals surface area contributed by atoms with Crippen LogP contribution >= 0.6 is 23.8 Å². The van der Waals surface area contributed by atoms with E-state index in [2.05, 4.69) is 31.1 Å². The van der Waals surface area contributed by atoms with Crippen molar-refractivity contribution in [2.24, 2.45) is 5.73 Å². The van der Waals surface area contributed by atoms with Crippen molar-refractivity contribution in [3.63, 3.8) is 0 Å². The quantitative estimate of drug-likeness (QED) is 0.759.